The summed E-state index contributed by atoms with van der Waals surface area (Å²) < 4.78 is 69.1. The second-order valence-electron chi connectivity index (χ2n) is 7.67. The summed E-state index contributed by atoms with van der Waals surface area (Å²) in [5.41, 5.74) is 0.313. The number of carbonyl (C=O) groups is 1. The van der Waals surface area contributed by atoms with Crippen molar-refractivity contribution in [2.45, 2.75) is 9.79 Å². The molecule has 0 saturated heterocycles. The molecule has 4 rings (SSSR count). The fourth-order valence-corrected chi connectivity index (χ4v) is 5.72. The van der Waals surface area contributed by atoms with Crippen LogP contribution in [0.3, 0.4) is 0 Å². The zero-order valence-corrected chi connectivity index (χ0v) is 21.2. The van der Waals surface area contributed by atoms with Crippen molar-refractivity contribution in [2.75, 3.05) is 14.8 Å². The standard InChI is InChI=1S/C25H19ClFN3O5S2/c26-22-9-2-4-11-24(22)30-37(34,35)20-7-5-6-18(16-20)28-25(31)21-8-1-3-10-23(21)29-36(32,33)19-14-12-17(27)13-15-19/h1-16,29-30H,(H,28,31). The van der Waals surface area contributed by atoms with Gasteiger partial charge in [-0.25, -0.2) is 21.2 Å². The maximum Gasteiger partial charge on any atom is 0.262 e. The molecule has 0 fully saturated rings. The normalized spacial score (nSPS) is 11.5. The zero-order chi connectivity index (χ0) is 26.6. The number of halogens is 2. The monoisotopic (exact) mass is 559 g/mol. The third kappa shape index (κ3) is 6.26. The van der Waals surface area contributed by atoms with Gasteiger partial charge in [0.15, 0.2) is 0 Å². The molecule has 0 aromatic heterocycles. The van der Waals surface area contributed by atoms with Crippen molar-refractivity contribution in [3.8, 4) is 0 Å². The van der Waals surface area contributed by atoms with Crippen LogP contribution in [-0.2, 0) is 20.0 Å². The Morgan fingerprint density at radius 3 is 1.97 bits per heavy atom. The topological polar surface area (TPSA) is 121 Å². The van der Waals surface area contributed by atoms with Gasteiger partial charge in [0, 0.05) is 5.69 Å². The highest BCUT2D eigenvalue weighted by molar-refractivity contribution is 7.93. The first-order valence-electron chi connectivity index (χ1n) is 10.6. The van der Waals surface area contributed by atoms with Gasteiger partial charge in [-0.05, 0) is 66.7 Å². The lowest BCUT2D eigenvalue weighted by Gasteiger charge is -2.14. The summed E-state index contributed by atoms with van der Waals surface area (Å²) in [5, 5.41) is 2.80. The van der Waals surface area contributed by atoms with E-state index in [0.717, 1.165) is 24.3 Å². The molecular weight excluding hydrogens is 541 g/mol. The molecule has 0 atom stereocenters. The van der Waals surface area contributed by atoms with Crippen LogP contribution in [0.5, 0.6) is 0 Å². The predicted octanol–water partition coefficient (Wildman–Crippen LogP) is 5.33. The average molecular weight is 560 g/mol. The van der Waals surface area contributed by atoms with E-state index >= 15 is 0 Å². The van der Waals surface area contributed by atoms with E-state index in [4.69, 9.17) is 11.6 Å². The van der Waals surface area contributed by atoms with Gasteiger partial charge in [0.25, 0.3) is 26.0 Å². The van der Waals surface area contributed by atoms with E-state index in [2.05, 4.69) is 14.8 Å². The second kappa shape index (κ2) is 10.6. The number of hydrogen-bond acceptors (Lipinski definition) is 5. The van der Waals surface area contributed by atoms with Crippen LogP contribution < -0.4 is 14.8 Å². The summed E-state index contributed by atoms with van der Waals surface area (Å²) in [4.78, 5) is 12.7. The minimum atomic E-state index is -4.11. The van der Waals surface area contributed by atoms with E-state index in [1.165, 1.54) is 54.6 Å². The highest BCUT2D eigenvalue weighted by Crippen LogP contribution is 2.26. The summed E-state index contributed by atoms with van der Waals surface area (Å²) in [5.74, 6) is -1.28. The van der Waals surface area contributed by atoms with Crippen molar-refractivity contribution in [3.63, 3.8) is 0 Å². The average Bonchev–Trinajstić information content (AvgIpc) is 2.86. The molecule has 8 nitrogen and oxygen atoms in total. The van der Waals surface area contributed by atoms with E-state index in [1.807, 2.05) is 0 Å². The minimum Gasteiger partial charge on any atom is -0.322 e. The van der Waals surface area contributed by atoms with Gasteiger partial charge in [-0.2, -0.15) is 0 Å². The number of sulfonamides is 2. The van der Waals surface area contributed by atoms with Crippen molar-refractivity contribution < 1.29 is 26.0 Å². The Morgan fingerprint density at radius 1 is 0.676 bits per heavy atom. The van der Waals surface area contributed by atoms with Crippen molar-refractivity contribution in [2.24, 2.45) is 0 Å². The third-order valence-corrected chi connectivity index (χ3v) is 8.13. The predicted molar refractivity (Wildman–Crippen MR) is 140 cm³/mol. The van der Waals surface area contributed by atoms with Gasteiger partial charge in [0.05, 0.1) is 31.8 Å². The van der Waals surface area contributed by atoms with Gasteiger partial charge in [-0.15, -0.1) is 0 Å². The fourth-order valence-electron chi connectivity index (χ4n) is 3.27. The molecule has 0 spiro atoms. The SMILES string of the molecule is O=C(Nc1cccc(S(=O)(=O)Nc2ccccc2Cl)c1)c1ccccc1NS(=O)(=O)c1ccc(F)cc1. The molecule has 0 unspecified atom stereocenters. The number of amides is 1. The quantitative estimate of drug-likeness (QED) is 0.269. The van der Waals surface area contributed by atoms with Gasteiger partial charge in [0.1, 0.15) is 5.82 Å². The lowest BCUT2D eigenvalue weighted by atomic mass is 10.1. The lowest BCUT2D eigenvalue weighted by molar-refractivity contribution is 0.102. The Hall–Kier alpha value is -3.93. The zero-order valence-electron chi connectivity index (χ0n) is 18.9. The summed E-state index contributed by atoms with van der Waals surface area (Å²) in [6.07, 6.45) is 0. The van der Waals surface area contributed by atoms with Crippen LogP contribution in [0.15, 0.2) is 107 Å². The first-order chi connectivity index (χ1) is 17.5. The number of anilines is 3. The maximum absolute atomic E-state index is 13.2. The smallest absolute Gasteiger partial charge is 0.262 e. The lowest BCUT2D eigenvalue weighted by Crippen LogP contribution is -2.19. The number of benzene rings is 4. The fraction of sp³-hybridized carbons (Fsp3) is 0. The number of para-hydroxylation sites is 2. The molecule has 12 heteroatoms. The molecule has 0 radical (unpaired) electrons. The highest BCUT2D eigenvalue weighted by Gasteiger charge is 2.20. The Labute approximate surface area is 218 Å². The molecule has 4 aromatic carbocycles. The van der Waals surface area contributed by atoms with Crippen LogP contribution in [0.1, 0.15) is 10.4 Å². The first-order valence-corrected chi connectivity index (χ1v) is 14.0. The van der Waals surface area contributed by atoms with Crippen molar-refractivity contribution in [1.29, 1.82) is 0 Å². The molecule has 37 heavy (non-hydrogen) atoms. The van der Waals surface area contributed by atoms with E-state index in [1.54, 1.807) is 18.2 Å². The molecule has 4 aromatic rings. The molecule has 0 heterocycles. The molecule has 0 aliphatic carbocycles. The third-order valence-electron chi connectivity index (χ3n) is 5.06. The summed E-state index contributed by atoms with van der Waals surface area (Å²) >= 11 is 6.04. The largest absolute Gasteiger partial charge is 0.322 e. The Balaban J connectivity index is 1.56. The van der Waals surface area contributed by atoms with E-state index in [9.17, 15) is 26.0 Å². The van der Waals surface area contributed by atoms with E-state index in [0.29, 0.717) is 0 Å². The number of rotatable bonds is 8. The van der Waals surface area contributed by atoms with Gasteiger partial charge >= 0.3 is 0 Å². The van der Waals surface area contributed by atoms with Crippen LogP contribution in [0, 0.1) is 5.82 Å². The van der Waals surface area contributed by atoms with Gasteiger partial charge < -0.3 is 5.32 Å². The van der Waals surface area contributed by atoms with Crippen molar-refractivity contribution >= 4 is 54.6 Å². The molecule has 0 aliphatic heterocycles. The Kier molecular flexibility index (Phi) is 7.48. The summed E-state index contributed by atoms with van der Waals surface area (Å²) in [7, 11) is -8.14. The van der Waals surface area contributed by atoms with Crippen LogP contribution in [-0.4, -0.2) is 22.7 Å². The molecule has 190 valence electrons. The molecule has 0 saturated carbocycles. The van der Waals surface area contributed by atoms with E-state index in [-0.39, 0.29) is 37.4 Å². The van der Waals surface area contributed by atoms with Crippen LogP contribution in [0.2, 0.25) is 5.02 Å². The number of nitrogens with one attached hydrogen (secondary N) is 3. The Morgan fingerprint density at radius 2 is 1.27 bits per heavy atom. The van der Waals surface area contributed by atoms with Crippen molar-refractivity contribution in [1.82, 2.24) is 0 Å². The van der Waals surface area contributed by atoms with E-state index < -0.39 is 31.8 Å². The summed E-state index contributed by atoms with van der Waals surface area (Å²) in [6.45, 7) is 0. The molecule has 3 N–H and O–H groups in total. The molecule has 0 aliphatic rings. The minimum absolute atomic E-state index is 0.0179. The van der Waals surface area contributed by atoms with Gasteiger partial charge in [-0.1, -0.05) is 41.9 Å². The Bertz CT molecular complexity index is 1680. The summed E-state index contributed by atoms with van der Waals surface area (Å²) in [6, 6.07) is 22.0. The van der Waals surface area contributed by atoms with Crippen LogP contribution >= 0.6 is 11.6 Å². The second-order valence-corrected chi connectivity index (χ2v) is 11.4. The number of hydrogen-bond donors (Lipinski definition) is 3. The number of carbonyl (C=O) groups excluding carboxylic acids is 1. The van der Waals surface area contributed by atoms with Crippen molar-refractivity contribution in [3.05, 3.63) is 113 Å². The van der Waals surface area contributed by atoms with Crippen LogP contribution in [0.4, 0.5) is 21.5 Å². The van der Waals surface area contributed by atoms with Crippen LogP contribution in [0.25, 0.3) is 0 Å². The molecule has 0 bridgehead atoms. The van der Waals surface area contributed by atoms with Gasteiger partial charge in [0.2, 0.25) is 0 Å². The van der Waals surface area contributed by atoms with Gasteiger partial charge in [-0.3, -0.25) is 14.2 Å². The molecule has 1 amide bonds. The maximum atomic E-state index is 13.2. The highest BCUT2D eigenvalue weighted by atomic mass is 35.5. The first kappa shape index (κ1) is 26.1. The molecular formula is C25H19ClFN3O5S2.